The molecule has 0 saturated carbocycles. The van der Waals surface area contributed by atoms with Crippen LogP contribution in [0.3, 0.4) is 0 Å². The second-order valence-corrected chi connectivity index (χ2v) is 8.69. The van der Waals surface area contributed by atoms with Gasteiger partial charge in [0.05, 0.1) is 18.6 Å². The molecule has 2 aromatic carbocycles. The van der Waals surface area contributed by atoms with E-state index in [1.807, 2.05) is 22.8 Å². The minimum Gasteiger partial charge on any atom is -0.497 e. The summed E-state index contributed by atoms with van der Waals surface area (Å²) in [5, 5.41) is 14.8. The molecule has 3 amide bonds. The van der Waals surface area contributed by atoms with Crippen LogP contribution >= 0.6 is 23.4 Å². The summed E-state index contributed by atoms with van der Waals surface area (Å²) in [7, 11) is 1.56. The standard InChI is InChI=1S/C22H23ClN6O3S/c1-32-18-9-7-16(8-10-18)24-20(31)25-19(30)14-33-22-27-26-21(28-11-2-3-12-28)29(22)17-6-4-5-15(23)13-17/h4-10,13H,2-3,11-12,14H2,1H3,(H2,24,25,30,31). The lowest BCUT2D eigenvalue weighted by Gasteiger charge is -2.18. The number of hydrogen-bond acceptors (Lipinski definition) is 7. The Labute approximate surface area is 200 Å². The quantitative estimate of drug-likeness (QED) is 0.487. The Morgan fingerprint density at radius 1 is 1.12 bits per heavy atom. The number of carbonyl (C=O) groups is 2. The number of nitrogens with one attached hydrogen (secondary N) is 2. The summed E-state index contributed by atoms with van der Waals surface area (Å²) in [4.78, 5) is 26.7. The van der Waals surface area contributed by atoms with Gasteiger partial charge in [0.25, 0.3) is 0 Å². The number of rotatable bonds is 7. The van der Waals surface area contributed by atoms with E-state index in [0.717, 1.165) is 37.6 Å². The molecule has 0 radical (unpaired) electrons. The molecule has 11 heteroatoms. The van der Waals surface area contributed by atoms with Crippen molar-refractivity contribution in [2.45, 2.75) is 18.0 Å². The number of ether oxygens (including phenoxy) is 1. The molecule has 2 N–H and O–H groups in total. The molecular weight excluding hydrogens is 464 g/mol. The minimum absolute atomic E-state index is 0.00523. The highest BCUT2D eigenvalue weighted by Gasteiger charge is 2.23. The highest BCUT2D eigenvalue weighted by Crippen LogP contribution is 2.29. The molecule has 2 heterocycles. The molecule has 1 saturated heterocycles. The minimum atomic E-state index is -0.611. The Kier molecular flexibility index (Phi) is 7.36. The average Bonchev–Trinajstić information content (AvgIpc) is 3.48. The van der Waals surface area contributed by atoms with Gasteiger partial charge >= 0.3 is 6.03 Å². The van der Waals surface area contributed by atoms with Crippen molar-refractivity contribution < 1.29 is 14.3 Å². The van der Waals surface area contributed by atoms with Crippen LogP contribution < -0.4 is 20.3 Å². The Morgan fingerprint density at radius 2 is 1.88 bits per heavy atom. The third-order valence-corrected chi connectivity index (χ3v) is 6.17. The molecule has 0 atom stereocenters. The van der Waals surface area contributed by atoms with E-state index in [9.17, 15) is 9.59 Å². The van der Waals surface area contributed by atoms with Crippen molar-refractivity contribution >= 4 is 46.9 Å². The molecule has 0 spiro atoms. The first-order valence-corrected chi connectivity index (χ1v) is 11.7. The van der Waals surface area contributed by atoms with Crippen LogP contribution in [0.4, 0.5) is 16.4 Å². The van der Waals surface area contributed by atoms with E-state index >= 15 is 0 Å². The van der Waals surface area contributed by atoms with Crippen molar-refractivity contribution in [1.29, 1.82) is 0 Å². The van der Waals surface area contributed by atoms with Gasteiger partial charge < -0.3 is 15.0 Å². The first kappa shape index (κ1) is 22.9. The van der Waals surface area contributed by atoms with Gasteiger partial charge in [0.15, 0.2) is 5.16 Å². The third kappa shape index (κ3) is 5.77. The number of methoxy groups -OCH3 is 1. The van der Waals surface area contributed by atoms with Gasteiger partial charge in [-0.3, -0.25) is 14.7 Å². The fraction of sp³-hybridized carbons (Fsp3) is 0.273. The third-order valence-electron chi connectivity index (χ3n) is 5.00. The van der Waals surface area contributed by atoms with Crippen molar-refractivity contribution in [2.75, 3.05) is 36.2 Å². The lowest BCUT2D eigenvalue weighted by atomic mass is 10.3. The Bertz CT molecular complexity index is 1130. The van der Waals surface area contributed by atoms with Crippen LogP contribution in [0, 0.1) is 0 Å². The maximum Gasteiger partial charge on any atom is 0.325 e. The summed E-state index contributed by atoms with van der Waals surface area (Å²) in [6, 6.07) is 13.6. The molecule has 3 aromatic rings. The summed E-state index contributed by atoms with van der Waals surface area (Å²) in [6.45, 7) is 1.80. The number of aromatic nitrogens is 3. The van der Waals surface area contributed by atoms with E-state index in [2.05, 4.69) is 25.7 Å². The van der Waals surface area contributed by atoms with E-state index in [0.29, 0.717) is 21.6 Å². The van der Waals surface area contributed by atoms with Crippen LogP contribution in [0.15, 0.2) is 53.7 Å². The number of amides is 3. The number of thioether (sulfide) groups is 1. The molecule has 9 nitrogen and oxygen atoms in total. The van der Waals surface area contributed by atoms with Crippen molar-refractivity contribution in [3.63, 3.8) is 0 Å². The highest BCUT2D eigenvalue weighted by molar-refractivity contribution is 7.99. The lowest BCUT2D eigenvalue weighted by molar-refractivity contribution is -0.117. The smallest absolute Gasteiger partial charge is 0.325 e. The number of carbonyl (C=O) groups excluding carboxylic acids is 2. The molecule has 33 heavy (non-hydrogen) atoms. The number of halogens is 1. The largest absolute Gasteiger partial charge is 0.497 e. The van der Waals surface area contributed by atoms with E-state index < -0.39 is 11.9 Å². The van der Waals surface area contributed by atoms with Gasteiger partial charge in [-0.2, -0.15) is 0 Å². The van der Waals surface area contributed by atoms with Gasteiger partial charge in [-0.05, 0) is 55.3 Å². The number of anilines is 2. The van der Waals surface area contributed by atoms with E-state index in [1.165, 1.54) is 11.8 Å². The zero-order valence-electron chi connectivity index (χ0n) is 18.0. The van der Waals surface area contributed by atoms with Crippen molar-refractivity contribution in [3.05, 3.63) is 53.6 Å². The molecule has 0 unspecified atom stereocenters. The van der Waals surface area contributed by atoms with Gasteiger partial charge in [0.1, 0.15) is 5.75 Å². The molecule has 1 fully saturated rings. The molecule has 172 valence electrons. The second-order valence-electron chi connectivity index (χ2n) is 7.31. The molecule has 0 aliphatic carbocycles. The number of urea groups is 1. The second kappa shape index (κ2) is 10.6. The van der Waals surface area contributed by atoms with Gasteiger partial charge in [0, 0.05) is 23.8 Å². The number of imide groups is 1. The monoisotopic (exact) mass is 486 g/mol. The lowest BCUT2D eigenvalue weighted by Crippen LogP contribution is -2.35. The van der Waals surface area contributed by atoms with Gasteiger partial charge in [-0.1, -0.05) is 29.4 Å². The fourth-order valence-corrected chi connectivity index (χ4v) is 4.38. The molecule has 1 aliphatic rings. The Balaban J connectivity index is 1.42. The van der Waals surface area contributed by atoms with Crippen LogP contribution in [0.2, 0.25) is 5.02 Å². The first-order valence-electron chi connectivity index (χ1n) is 10.4. The maximum atomic E-state index is 12.4. The Morgan fingerprint density at radius 3 is 2.58 bits per heavy atom. The normalized spacial score (nSPS) is 13.1. The molecule has 1 aliphatic heterocycles. The zero-order chi connectivity index (χ0) is 23.2. The predicted octanol–water partition coefficient (Wildman–Crippen LogP) is 3.97. The molecule has 4 rings (SSSR count). The summed E-state index contributed by atoms with van der Waals surface area (Å²) >= 11 is 7.40. The van der Waals surface area contributed by atoms with Crippen LogP contribution in [0.25, 0.3) is 5.69 Å². The van der Waals surface area contributed by atoms with Crippen molar-refractivity contribution in [3.8, 4) is 11.4 Å². The molecular formula is C22H23ClN6O3S. The Hall–Kier alpha value is -3.24. The average molecular weight is 487 g/mol. The summed E-state index contributed by atoms with van der Waals surface area (Å²) in [5.74, 6) is 0.934. The summed E-state index contributed by atoms with van der Waals surface area (Å²) in [6.07, 6.45) is 2.19. The van der Waals surface area contributed by atoms with Crippen LogP contribution in [0.5, 0.6) is 5.75 Å². The molecule has 1 aromatic heterocycles. The molecule has 0 bridgehead atoms. The maximum absolute atomic E-state index is 12.4. The van der Waals surface area contributed by atoms with Crippen molar-refractivity contribution in [1.82, 2.24) is 20.1 Å². The van der Waals surface area contributed by atoms with Gasteiger partial charge in [-0.15, -0.1) is 10.2 Å². The number of nitrogens with zero attached hydrogens (tertiary/aromatic N) is 4. The van der Waals surface area contributed by atoms with Gasteiger partial charge in [-0.25, -0.2) is 4.79 Å². The summed E-state index contributed by atoms with van der Waals surface area (Å²) in [5.41, 5.74) is 1.36. The van der Waals surface area contributed by atoms with Crippen LogP contribution in [-0.4, -0.2) is 52.7 Å². The topological polar surface area (TPSA) is 101 Å². The highest BCUT2D eigenvalue weighted by atomic mass is 35.5. The van der Waals surface area contributed by atoms with E-state index in [-0.39, 0.29) is 5.75 Å². The van der Waals surface area contributed by atoms with Crippen LogP contribution in [0.1, 0.15) is 12.8 Å². The van der Waals surface area contributed by atoms with Crippen LogP contribution in [-0.2, 0) is 4.79 Å². The van der Waals surface area contributed by atoms with Crippen molar-refractivity contribution in [2.24, 2.45) is 0 Å². The van der Waals surface area contributed by atoms with Gasteiger partial charge in [0.2, 0.25) is 11.9 Å². The predicted molar refractivity (Wildman–Crippen MR) is 129 cm³/mol. The first-order chi connectivity index (χ1) is 16.0. The van der Waals surface area contributed by atoms with E-state index in [1.54, 1.807) is 37.4 Å². The summed E-state index contributed by atoms with van der Waals surface area (Å²) < 4.78 is 6.98. The fourth-order valence-electron chi connectivity index (χ4n) is 3.45. The number of hydrogen-bond donors (Lipinski definition) is 2. The number of benzene rings is 2. The zero-order valence-corrected chi connectivity index (χ0v) is 19.5. The SMILES string of the molecule is COc1ccc(NC(=O)NC(=O)CSc2nnc(N3CCCC3)n2-c2cccc(Cl)c2)cc1. The van der Waals surface area contributed by atoms with E-state index in [4.69, 9.17) is 16.3 Å².